The molecule has 1 aromatic heterocycles. The lowest BCUT2D eigenvalue weighted by Gasteiger charge is -2.34. The average molecular weight is 562 g/mol. The van der Waals surface area contributed by atoms with Crippen LogP contribution >= 0.6 is 0 Å². The van der Waals surface area contributed by atoms with Gasteiger partial charge in [0.15, 0.2) is 0 Å². The minimum atomic E-state index is -5.17. The minimum absolute atomic E-state index is 0.170. The first-order valence-electron chi connectivity index (χ1n) is 12.0. The second kappa shape index (κ2) is 12.1. The Hall–Kier alpha value is -3.50. The molecule has 0 spiro atoms. The Morgan fingerprint density at radius 2 is 1.69 bits per heavy atom. The summed E-state index contributed by atoms with van der Waals surface area (Å²) in [4.78, 5) is 11.3. The SMILES string of the molecule is CC(C)(CN1CCOCC1)c1cc(-c2ccc(Oc3ccccc3)cc2)c(C#N)c(OOS(=O)C(F)(F)F)n1. The molecular weight excluding hydrogens is 535 g/mol. The molecule has 1 saturated heterocycles. The predicted molar refractivity (Wildman–Crippen MR) is 137 cm³/mol. The maximum absolute atomic E-state index is 12.8. The number of halogens is 3. The molecule has 206 valence electrons. The Morgan fingerprint density at radius 3 is 2.31 bits per heavy atom. The van der Waals surface area contributed by atoms with Crippen molar-refractivity contribution in [3.8, 4) is 34.6 Å². The van der Waals surface area contributed by atoms with Crippen molar-refractivity contribution in [3.05, 3.63) is 71.9 Å². The van der Waals surface area contributed by atoms with Crippen LogP contribution in [0.2, 0.25) is 0 Å². The molecule has 0 bridgehead atoms. The molecule has 3 aromatic rings. The van der Waals surface area contributed by atoms with Crippen molar-refractivity contribution in [2.45, 2.75) is 24.8 Å². The number of pyridine rings is 1. The molecule has 0 N–H and O–H groups in total. The lowest BCUT2D eigenvalue weighted by Crippen LogP contribution is -2.43. The predicted octanol–water partition coefficient (Wildman–Crippen LogP) is 5.52. The number of hydrogen-bond acceptors (Lipinski definition) is 8. The van der Waals surface area contributed by atoms with Gasteiger partial charge >= 0.3 is 16.6 Å². The number of nitriles is 1. The molecular formula is C27H26F3N3O5S. The number of alkyl halides is 3. The lowest BCUT2D eigenvalue weighted by atomic mass is 9.85. The highest BCUT2D eigenvalue weighted by molar-refractivity contribution is 7.81. The highest BCUT2D eigenvalue weighted by Crippen LogP contribution is 2.36. The van der Waals surface area contributed by atoms with E-state index in [4.69, 9.17) is 14.4 Å². The normalized spacial score (nSPS) is 15.4. The fourth-order valence-corrected chi connectivity index (χ4v) is 4.30. The van der Waals surface area contributed by atoms with Crippen LogP contribution in [0.25, 0.3) is 11.1 Å². The van der Waals surface area contributed by atoms with E-state index >= 15 is 0 Å². The third kappa shape index (κ3) is 7.33. The number of benzene rings is 2. The Bertz CT molecular complexity index is 1340. The number of nitrogens with zero attached hydrogens (tertiary/aromatic N) is 3. The monoisotopic (exact) mass is 561 g/mol. The topological polar surface area (TPSA) is 93.9 Å². The molecule has 1 unspecified atom stereocenters. The van der Waals surface area contributed by atoms with Crippen LogP contribution in [-0.4, -0.2) is 52.4 Å². The molecule has 4 rings (SSSR count). The van der Waals surface area contributed by atoms with Crippen LogP contribution in [0.15, 0.2) is 60.7 Å². The smallest absolute Gasteiger partial charge is 0.457 e. The molecule has 2 aromatic carbocycles. The Balaban J connectivity index is 1.71. The van der Waals surface area contributed by atoms with Gasteiger partial charge in [0.05, 0.1) is 18.9 Å². The second-order valence-electron chi connectivity index (χ2n) is 9.39. The van der Waals surface area contributed by atoms with Gasteiger partial charge in [0.1, 0.15) is 23.1 Å². The Kier molecular flexibility index (Phi) is 8.87. The quantitative estimate of drug-likeness (QED) is 0.249. The summed E-state index contributed by atoms with van der Waals surface area (Å²) in [5.74, 6) is 0.678. The van der Waals surface area contributed by atoms with Crippen molar-refractivity contribution in [3.63, 3.8) is 0 Å². The highest BCUT2D eigenvalue weighted by atomic mass is 32.2. The van der Waals surface area contributed by atoms with Crippen molar-refractivity contribution >= 4 is 11.1 Å². The lowest BCUT2D eigenvalue weighted by molar-refractivity contribution is -0.122. The molecule has 39 heavy (non-hydrogen) atoms. The number of para-hydroxylation sites is 1. The highest BCUT2D eigenvalue weighted by Gasteiger charge is 2.40. The fourth-order valence-electron chi connectivity index (χ4n) is 4.09. The van der Waals surface area contributed by atoms with Crippen LogP contribution in [0.3, 0.4) is 0 Å². The summed E-state index contributed by atoms with van der Waals surface area (Å²) in [6.45, 7) is 7.02. The van der Waals surface area contributed by atoms with E-state index in [1.165, 1.54) is 0 Å². The molecule has 0 aliphatic carbocycles. The van der Waals surface area contributed by atoms with Gasteiger partial charge in [-0.05, 0) is 35.9 Å². The first-order valence-corrected chi connectivity index (χ1v) is 13.1. The van der Waals surface area contributed by atoms with Crippen LogP contribution < -0.4 is 9.62 Å². The molecule has 0 saturated carbocycles. The zero-order valence-corrected chi connectivity index (χ0v) is 22.1. The standard InChI is InChI=1S/C27H26F3N3O5S/c1-26(2,18-33-12-14-35-15-13-33)24-16-22(23(17-31)25(32-24)37-38-39(34)27(28,29)30)19-8-10-21(11-9-19)36-20-6-4-3-5-7-20/h3-11,16H,12-15,18H2,1-2H3. The summed E-state index contributed by atoms with van der Waals surface area (Å²) in [6.07, 6.45) is 0. The fraction of sp³-hybridized carbons (Fsp3) is 0.333. The number of aromatic nitrogens is 1. The molecule has 1 fully saturated rings. The van der Waals surface area contributed by atoms with Gasteiger partial charge in [-0.1, -0.05) is 48.5 Å². The zero-order chi connectivity index (χ0) is 28.0. The molecule has 12 heteroatoms. The number of rotatable bonds is 9. The molecule has 0 amide bonds. The Labute approximate surface area is 226 Å². The van der Waals surface area contributed by atoms with Crippen LogP contribution in [0.4, 0.5) is 13.2 Å². The summed E-state index contributed by atoms with van der Waals surface area (Å²) in [6, 6.07) is 19.7. The van der Waals surface area contributed by atoms with E-state index < -0.39 is 27.9 Å². The largest absolute Gasteiger partial charge is 0.500 e. The van der Waals surface area contributed by atoms with Gasteiger partial charge in [-0.15, -0.1) is 0 Å². The third-order valence-electron chi connectivity index (χ3n) is 6.02. The minimum Gasteiger partial charge on any atom is -0.457 e. The van der Waals surface area contributed by atoms with Crippen molar-refractivity contribution in [2.24, 2.45) is 0 Å². The number of morpholine rings is 1. The van der Waals surface area contributed by atoms with Crippen molar-refractivity contribution < 1.29 is 36.1 Å². The first kappa shape index (κ1) is 28.5. The molecule has 0 radical (unpaired) electrons. The van der Waals surface area contributed by atoms with E-state index in [1.54, 1.807) is 30.3 Å². The van der Waals surface area contributed by atoms with Crippen LogP contribution in [-0.2, 0) is 25.6 Å². The van der Waals surface area contributed by atoms with E-state index in [0.29, 0.717) is 61.2 Å². The van der Waals surface area contributed by atoms with Crippen molar-refractivity contribution in [1.29, 1.82) is 5.26 Å². The van der Waals surface area contributed by atoms with Crippen LogP contribution in [0.1, 0.15) is 25.1 Å². The number of hydrogen-bond donors (Lipinski definition) is 0. The van der Waals surface area contributed by atoms with Gasteiger partial charge in [0, 0.05) is 30.6 Å². The summed E-state index contributed by atoms with van der Waals surface area (Å²) in [7, 11) is 0. The van der Waals surface area contributed by atoms with Gasteiger partial charge in [0.25, 0.3) is 5.88 Å². The van der Waals surface area contributed by atoms with Gasteiger partial charge in [0.2, 0.25) is 0 Å². The van der Waals surface area contributed by atoms with E-state index in [2.05, 4.69) is 14.2 Å². The van der Waals surface area contributed by atoms with Gasteiger partial charge in [-0.3, -0.25) is 4.90 Å². The second-order valence-corrected chi connectivity index (χ2v) is 10.5. The van der Waals surface area contributed by atoms with E-state index in [0.717, 1.165) is 0 Å². The summed E-state index contributed by atoms with van der Waals surface area (Å²) >= 11 is -3.77. The van der Waals surface area contributed by atoms with Crippen molar-refractivity contribution in [1.82, 2.24) is 9.88 Å². The van der Waals surface area contributed by atoms with Crippen LogP contribution in [0, 0.1) is 11.3 Å². The molecule has 1 aliphatic rings. The van der Waals surface area contributed by atoms with E-state index in [1.807, 2.05) is 50.2 Å². The first-order chi connectivity index (χ1) is 18.6. The van der Waals surface area contributed by atoms with Gasteiger partial charge < -0.3 is 14.4 Å². The maximum atomic E-state index is 12.8. The van der Waals surface area contributed by atoms with Gasteiger partial charge in [-0.25, -0.2) is 9.19 Å². The molecule has 8 nitrogen and oxygen atoms in total. The van der Waals surface area contributed by atoms with Gasteiger partial charge in [-0.2, -0.15) is 18.4 Å². The molecule has 1 atom stereocenters. The molecule has 1 aliphatic heterocycles. The summed E-state index contributed by atoms with van der Waals surface area (Å²) in [5, 5.41) is 9.92. The maximum Gasteiger partial charge on any atom is 0.500 e. The van der Waals surface area contributed by atoms with E-state index in [9.17, 15) is 22.6 Å². The molecule has 2 heterocycles. The van der Waals surface area contributed by atoms with Crippen molar-refractivity contribution in [2.75, 3.05) is 32.8 Å². The Morgan fingerprint density at radius 1 is 1.05 bits per heavy atom. The number of ether oxygens (including phenoxy) is 2. The summed E-state index contributed by atoms with van der Waals surface area (Å²) < 4.78 is 65.1. The van der Waals surface area contributed by atoms with E-state index in [-0.39, 0.29) is 5.56 Å². The zero-order valence-electron chi connectivity index (χ0n) is 21.2. The summed E-state index contributed by atoms with van der Waals surface area (Å²) in [5.41, 5.74) is -4.57. The third-order valence-corrected chi connectivity index (χ3v) is 6.59. The van der Waals surface area contributed by atoms with Crippen LogP contribution in [0.5, 0.6) is 17.4 Å². The average Bonchev–Trinajstić information content (AvgIpc) is 2.92.